The molecule has 0 atom stereocenters. The fourth-order valence-corrected chi connectivity index (χ4v) is 2.35. The van der Waals surface area contributed by atoms with Crippen molar-refractivity contribution in [3.8, 4) is 6.07 Å². The zero-order valence-corrected chi connectivity index (χ0v) is 13.5. The van der Waals surface area contributed by atoms with Gasteiger partial charge in [-0.25, -0.2) is 9.79 Å². The topological polar surface area (TPSA) is 62.5 Å². The third-order valence-electron chi connectivity index (χ3n) is 3.79. The highest BCUT2D eigenvalue weighted by molar-refractivity contribution is 6.12. The molecule has 1 aliphatic heterocycles. The lowest BCUT2D eigenvalue weighted by molar-refractivity contribution is -0.129. The zero-order chi connectivity index (χ0) is 17.1. The molecular weight excluding hydrogens is 300 g/mol. The number of nitrogens with zero attached hydrogens (tertiary/aromatic N) is 2. The average molecular weight is 316 g/mol. The molecule has 4 heteroatoms. The lowest BCUT2D eigenvalue weighted by Crippen LogP contribution is -2.05. The minimum absolute atomic E-state index is 0.252. The molecule has 2 aromatic rings. The molecule has 0 fully saturated rings. The van der Waals surface area contributed by atoms with Gasteiger partial charge in [-0.15, -0.1) is 0 Å². The Bertz CT molecular complexity index is 867. The van der Waals surface area contributed by atoms with Crippen molar-refractivity contribution in [2.24, 2.45) is 4.99 Å². The van der Waals surface area contributed by atoms with E-state index in [1.165, 1.54) is 5.56 Å². The van der Waals surface area contributed by atoms with E-state index in [0.717, 1.165) is 11.1 Å². The van der Waals surface area contributed by atoms with Crippen LogP contribution in [0.1, 0.15) is 42.0 Å². The first kappa shape index (κ1) is 15.7. The molecule has 1 aliphatic rings. The predicted octanol–water partition coefficient (Wildman–Crippen LogP) is 4.03. The van der Waals surface area contributed by atoms with Gasteiger partial charge in [0.1, 0.15) is 0 Å². The van der Waals surface area contributed by atoms with Crippen LogP contribution in [0, 0.1) is 11.3 Å². The molecule has 0 radical (unpaired) electrons. The zero-order valence-electron chi connectivity index (χ0n) is 13.5. The Morgan fingerprint density at radius 2 is 1.75 bits per heavy atom. The molecule has 0 N–H and O–H groups in total. The number of carbonyl (C=O) groups is 1. The third kappa shape index (κ3) is 3.26. The first-order valence-electron chi connectivity index (χ1n) is 7.70. The van der Waals surface area contributed by atoms with Gasteiger partial charge in [-0.05, 0) is 47.4 Å². The molecule has 0 saturated carbocycles. The first-order chi connectivity index (χ1) is 11.6. The Labute approximate surface area is 140 Å². The van der Waals surface area contributed by atoms with Crippen molar-refractivity contribution in [3.63, 3.8) is 0 Å². The van der Waals surface area contributed by atoms with Crippen molar-refractivity contribution in [2.75, 3.05) is 0 Å². The number of esters is 1. The quantitative estimate of drug-likeness (QED) is 0.634. The Balaban J connectivity index is 1.86. The van der Waals surface area contributed by atoms with Crippen LogP contribution in [-0.4, -0.2) is 11.9 Å². The summed E-state index contributed by atoms with van der Waals surface area (Å²) >= 11 is 0. The standard InChI is InChI=1S/C20H16N2O2/c1-13(2)16-7-9-17(10-8-16)19-22-18(20(23)24-19)11-14-3-5-15(12-21)6-4-14/h3-11,13H,1-2H3/b18-11-. The van der Waals surface area contributed by atoms with E-state index in [-0.39, 0.29) is 5.70 Å². The van der Waals surface area contributed by atoms with Crippen molar-refractivity contribution < 1.29 is 9.53 Å². The van der Waals surface area contributed by atoms with E-state index in [1.54, 1.807) is 30.3 Å². The maximum Gasteiger partial charge on any atom is 0.363 e. The molecule has 24 heavy (non-hydrogen) atoms. The van der Waals surface area contributed by atoms with Gasteiger partial charge in [-0.1, -0.05) is 38.1 Å². The summed E-state index contributed by atoms with van der Waals surface area (Å²) in [4.78, 5) is 16.3. The van der Waals surface area contributed by atoms with Crippen LogP contribution in [0.25, 0.3) is 6.08 Å². The third-order valence-corrected chi connectivity index (χ3v) is 3.79. The van der Waals surface area contributed by atoms with E-state index in [1.807, 2.05) is 24.3 Å². The highest BCUT2D eigenvalue weighted by Gasteiger charge is 2.24. The van der Waals surface area contributed by atoms with E-state index in [9.17, 15) is 4.79 Å². The Hall–Kier alpha value is -3.19. The summed E-state index contributed by atoms with van der Waals surface area (Å²) in [5.74, 6) is 0.288. The van der Waals surface area contributed by atoms with Crippen LogP contribution in [0.3, 0.4) is 0 Å². The van der Waals surface area contributed by atoms with Gasteiger partial charge in [-0.2, -0.15) is 5.26 Å². The molecule has 0 bridgehead atoms. The van der Waals surface area contributed by atoms with E-state index < -0.39 is 5.97 Å². The fourth-order valence-electron chi connectivity index (χ4n) is 2.35. The van der Waals surface area contributed by atoms with Gasteiger partial charge >= 0.3 is 5.97 Å². The van der Waals surface area contributed by atoms with Crippen molar-refractivity contribution in [1.82, 2.24) is 0 Å². The van der Waals surface area contributed by atoms with Gasteiger partial charge in [0.15, 0.2) is 5.70 Å². The van der Waals surface area contributed by atoms with Crippen molar-refractivity contribution in [1.29, 1.82) is 5.26 Å². The van der Waals surface area contributed by atoms with Crippen LogP contribution in [0.5, 0.6) is 0 Å². The van der Waals surface area contributed by atoms with Crippen LogP contribution in [-0.2, 0) is 9.53 Å². The number of nitriles is 1. The van der Waals surface area contributed by atoms with Crippen LogP contribution in [0.2, 0.25) is 0 Å². The van der Waals surface area contributed by atoms with E-state index in [0.29, 0.717) is 17.4 Å². The molecular formula is C20H16N2O2. The lowest BCUT2D eigenvalue weighted by atomic mass is 10.0. The van der Waals surface area contributed by atoms with Crippen LogP contribution >= 0.6 is 0 Å². The number of cyclic esters (lactones) is 1. The smallest absolute Gasteiger partial charge is 0.363 e. The fraction of sp³-hybridized carbons (Fsp3) is 0.150. The second-order valence-electron chi connectivity index (χ2n) is 5.85. The van der Waals surface area contributed by atoms with Gasteiger partial charge in [0.25, 0.3) is 0 Å². The number of benzene rings is 2. The monoisotopic (exact) mass is 316 g/mol. The number of rotatable bonds is 3. The summed E-state index contributed by atoms with van der Waals surface area (Å²) in [6, 6.07) is 16.8. The molecule has 0 unspecified atom stereocenters. The van der Waals surface area contributed by atoms with E-state index in [4.69, 9.17) is 10.00 Å². The van der Waals surface area contributed by atoms with Gasteiger partial charge in [-0.3, -0.25) is 0 Å². The van der Waals surface area contributed by atoms with Crippen LogP contribution < -0.4 is 0 Å². The minimum atomic E-state index is -0.470. The normalized spacial score (nSPS) is 15.3. The second-order valence-corrected chi connectivity index (χ2v) is 5.85. The van der Waals surface area contributed by atoms with Crippen molar-refractivity contribution in [3.05, 3.63) is 76.5 Å². The SMILES string of the molecule is CC(C)c1ccc(C2=N/C(=C\c3ccc(C#N)cc3)C(=O)O2)cc1. The van der Waals surface area contributed by atoms with E-state index >= 15 is 0 Å². The summed E-state index contributed by atoms with van der Waals surface area (Å²) in [7, 11) is 0. The summed E-state index contributed by atoms with van der Waals surface area (Å²) in [6.07, 6.45) is 1.65. The molecule has 2 aromatic carbocycles. The van der Waals surface area contributed by atoms with Gasteiger partial charge in [0.05, 0.1) is 11.6 Å². The van der Waals surface area contributed by atoms with Crippen molar-refractivity contribution >= 4 is 17.9 Å². The maximum atomic E-state index is 12.0. The Kier molecular flexibility index (Phi) is 4.26. The summed E-state index contributed by atoms with van der Waals surface area (Å²) in [5, 5.41) is 8.81. The minimum Gasteiger partial charge on any atom is -0.402 e. The van der Waals surface area contributed by atoms with Crippen molar-refractivity contribution in [2.45, 2.75) is 19.8 Å². The average Bonchev–Trinajstić information content (AvgIpc) is 2.96. The number of ether oxygens (including phenoxy) is 1. The van der Waals surface area contributed by atoms with Gasteiger partial charge < -0.3 is 4.74 Å². The molecule has 1 heterocycles. The highest BCUT2D eigenvalue weighted by atomic mass is 16.6. The number of hydrogen-bond donors (Lipinski definition) is 0. The maximum absolute atomic E-state index is 12.0. The number of aliphatic imine (C=N–C) groups is 1. The molecule has 0 aromatic heterocycles. The van der Waals surface area contributed by atoms with Crippen LogP contribution in [0.15, 0.2) is 59.2 Å². The summed E-state index contributed by atoms with van der Waals surface area (Å²) < 4.78 is 5.27. The van der Waals surface area contributed by atoms with Gasteiger partial charge in [0.2, 0.25) is 5.90 Å². The van der Waals surface area contributed by atoms with E-state index in [2.05, 4.69) is 24.9 Å². The Morgan fingerprint density at radius 1 is 1.08 bits per heavy atom. The molecule has 0 spiro atoms. The molecule has 0 aliphatic carbocycles. The lowest BCUT2D eigenvalue weighted by Gasteiger charge is -2.05. The Morgan fingerprint density at radius 3 is 2.33 bits per heavy atom. The largest absolute Gasteiger partial charge is 0.402 e. The number of hydrogen-bond acceptors (Lipinski definition) is 4. The number of carbonyl (C=O) groups excluding carboxylic acids is 1. The molecule has 0 amide bonds. The summed E-state index contributed by atoms with van der Waals surface area (Å²) in [6.45, 7) is 4.25. The van der Waals surface area contributed by atoms with Crippen LogP contribution in [0.4, 0.5) is 0 Å². The molecule has 4 nitrogen and oxygen atoms in total. The molecule has 3 rings (SSSR count). The predicted molar refractivity (Wildman–Crippen MR) is 92.3 cm³/mol. The molecule has 0 saturated heterocycles. The first-order valence-corrected chi connectivity index (χ1v) is 7.70. The second kappa shape index (κ2) is 6.51. The molecule has 118 valence electrons. The van der Waals surface area contributed by atoms with Gasteiger partial charge in [0, 0.05) is 5.56 Å². The highest BCUT2D eigenvalue weighted by Crippen LogP contribution is 2.21. The summed E-state index contributed by atoms with van der Waals surface area (Å²) in [5.41, 5.74) is 3.61.